The molecule has 0 radical (unpaired) electrons. The first kappa shape index (κ1) is 19.5. The van der Waals surface area contributed by atoms with Gasteiger partial charge in [0.1, 0.15) is 6.10 Å². The number of unbranched alkanes of at least 4 members (excludes halogenated alkanes) is 7. The van der Waals surface area contributed by atoms with Crippen LogP contribution in [0.5, 0.6) is 0 Å². The fraction of sp³-hybridized carbons (Fsp3) is 0.895. The van der Waals surface area contributed by atoms with E-state index in [0.29, 0.717) is 13.0 Å². The molecular weight excluding hydrogens is 276 g/mol. The Morgan fingerprint density at radius 2 is 1.91 bits per heavy atom. The van der Waals surface area contributed by atoms with E-state index in [4.69, 9.17) is 9.47 Å². The van der Waals surface area contributed by atoms with Crippen LogP contribution in [0.3, 0.4) is 0 Å². The van der Waals surface area contributed by atoms with E-state index in [9.17, 15) is 5.11 Å². The predicted molar refractivity (Wildman–Crippen MR) is 90.6 cm³/mol. The largest absolute Gasteiger partial charge is 0.380 e. The number of rotatable bonds is 11. The molecule has 0 bridgehead atoms. The monoisotopic (exact) mass is 310 g/mol. The van der Waals surface area contributed by atoms with Gasteiger partial charge in [0, 0.05) is 19.4 Å². The van der Waals surface area contributed by atoms with E-state index in [1.807, 2.05) is 0 Å². The van der Waals surface area contributed by atoms with Crippen molar-refractivity contribution >= 4 is 0 Å². The summed E-state index contributed by atoms with van der Waals surface area (Å²) in [6.45, 7) is 3.57. The van der Waals surface area contributed by atoms with Gasteiger partial charge in [-0.1, -0.05) is 51.4 Å². The maximum Gasteiger partial charge on any atom is 0.157 e. The van der Waals surface area contributed by atoms with Crippen molar-refractivity contribution in [3.8, 4) is 11.8 Å². The van der Waals surface area contributed by atoms with E-state index < -0.39 is 6.10 Å². The average Bonchev–Trinajstić information content (AvgIpc) is 2.54. The maximum atomic E-state index is 9.78. The normalized spacial score (nSPS) is 19.5. The minimum absolute atomic E-state index is 0.0679. The lowest BCUT2D eigenvalue weighted by molar-refractivity contribution is -0.164. The summed E-state index contributed by atoms with van der Waals surface area (Å²) in [5, 5.41) is 9.78. The van der Waals surface area contributed by atoms with E-state index in [0.717, 1.165) is 32.3 Å². The zero-order chi connectivity index (χ0) is 15.9. The fourth-order valence-electron chi connectivity index (χ4n) is 2.59. The topological polar surface area (TPSA) is 38.7 Å². The molecular formula is C19H34O3. The van der Waals surface area contributed by atoms with E-state index in [2.05, 4.69) is 18.8 Å². The third kappa shape index (κ3) is 11.1. The Balaban J connectivity index is 1.90. The Morgan fingerprint density at radius 3 is 2.64 bits per heavy atom. The van der Waals surface area contributed by atoms with Gasteiger partial charge < -0.3 is 14.6 Å². The van der Waals surface area contributed by atoms with Gasteiger partial charge in [-0.25, -0.2) is 0 Å². The molecule has 1 unspecified atom stereocenters. The van der Waals surface area contributed by atoms with Crippen molar-refractivity contribution in [3.63, 3.8) is 0 Å². The highest BCUT2D eigenvalue weighted by Crippen LogP contribution is 2.14. The summed E-state index contributed by atoms with van der Waals surface area (Å²) in [6, 6.07) is 0. The summed E-state index contributed by atoms with van der Waals surface area (Å²) in [5.74, 6) is 6.01. The second-order valence-corrected chi connectivity index (χ2v) is 6.16. The molecule has 0 amide bonds. The zero-order valence-electron chi connectivity index (χ0n) is 14.3. The first-order valence-electron chi connectivity index (χ1n) is 9.22. The molecule has 128 valence electrons. The van der Waals surface area contributed by atoms with E-state index in [1.54, 1.807) is 0 Å². The van der Waals surface area contributed by atoms with Crippen molar-refractivity contribution in [2.75, 3.05) is 13.2 Å². The first-order valence-corrected chi connectivity index (χ1v) is 9.22. The Hall–Kier alpha value is -0.560. The quantitative estimate of drug-likeness (QED) is 0.453. The van der Waals surface area contributed by atoms with Crippen LogP contribution in [0.2, 0.25) is 0 Å². The van der Waals surface area contributed by atoms with Crippen molar-refractivity contribution in [3.05, 3.63) is 0 Å². The molecule has 1 heterocycles. The second-order valence-electron chi connectivity index (χ2n) is 6.16. The molecule has 0 aromatic heterocycles. The van der Waals surface area contributed by atoms with Crippen LogP contribution in [0.15, 0.2) is 0 Å². The maximum absolute atomic E-state index is 9.78. The predicted octanol–water partition coefficient (Wildman–Crippen LogP) is 4.42. The summed E-state index contributed by atoms with van der Waals surface area (Å²) < 4.78 is 11.1. The highest BCUT2D eigenvalue weighted by atomic mass is 16.7. The first-order chi connectivity index (χ1) is 10.8. The second kappa shape index (κ2) is 14.1. The van der Waals surface area contributed by atoms with E-state index in [1.165, 1.54) is 44.9 Å². The lowest BCUT2D eigenvalue weighted by atomic mass is 10.1. The number of hydrogen-bond acceptors (Lipinski definition) is 3. The summed E-state index contributed by atoms with van der Waals surface area (Å²) in [5.41, 5.74) is 0. The third-order valence-corrected chi connectivity index (χ3v) is 4.01. The number of hydrogen-bond donors (Lipinski definition) is 1. The Morgan fingerprint density at radius 1 is 1.14 bits per heavy atom. The van der Waals surface area contributed by atoms with Gasteiger partial charge >= 0.3 is 0 Å². The Bertz CT molecular complexity index is 300. The van der Waals surface area contributed by atoms with Crippen LogP contribution in [0.1, 0.15) is 84.0 Å². The molecule has 0 saturated carbocycles. The van der Waals surface area contributed by atoms with Crippen LogP contribution in [0, 0.1) is 11.8 Å². The lowest BCUT2D eigenvalue weighted by Gasteiger charge is -2.22. The summed E-state index contributed by atoms with van der Waals surface area (Å²) in [7, 11) is 0. The van der Waals surface area contributed by atoms with E-state index in [-0.39, 0.29) is 6.29 Å². The minimum atomic E-state index is -0.562. The molecule has 1 aliphatic rings. The lowest BCUT2D eigenvalue weighted by Crippen LogP contribution is -2.23. The number of aliphatic hydroxyl groups excluding tert-OH is 1. The third-order valence-electron chi connectivity index (χ3n) is 4.01. The number of ether oxygens (including phenoxy) is 2. The standard InChI is InChI=1S/C19H34O3/c1-2-3-4-5-6-7-8-9-10-13-18(20)15-17-22-19-14-11-12-16-21-19/h18-20H,2-9,11-12,14-17H2,1H3/t18-,19?/m0/s1. The highest BCUT2D eigenvalue weighted by Gasteiger charge is 2.13. The Labute approximate surface area is 136 Å². The molecule has 1 N–H and O–H groups in total. The molecule has 1 rings (SSSR count). The molecule has 1 fully saturated rings. The molecule has 0 aromatic carbocycles. The van der Waals surface area contributed by atoms with Crippen LogP contribution in [0.4, 0.5) is 0 Å². The summed E-state index contributed by atoms with van der Waals surface area (Å²) >= 11 is 0. The van der Waals surface area contributed by atoms with Crippen LogP contribution in [0.25, 0.3) is 0 Å². The molecule has 1 saturated heterocycles. The van der Waals surface area contributed by atoms with Gasteiger partial charge in [-0.2, -0.15) is 0 Å². The molecule has 0 aliphatic carbocycles. The Kier molecular flexibility index (Phi) is 12.5. The smallest absolute Gasteiger partial charge is 0.157 e. The zero-order valence-corrected chi connectivity index (χ0v) is 14.3. The molecule has 3 nitrogen and oxygen atoms in total. The van der Waals surface area contributed by atoms with Gasteiger partial charge in [-0.3, -0.25) is 0 Å². The molecule has 1 aliphatic heterocycles. The summed E-state index contributed by atoms with van der Waals surface area (Å²) in [6.07, 6.45) is 13.2. The molecule has 22 heavy (non-hydrogen) atoms. The van der Waals surface area contributed by atoms with Crippen molar-refractivity contribution in [2.45, 2.75) is 96.4 Å². The number of aliphatic hydroxyl groups is 1. The van der Waals surface area contributed by atoms with Crippen molar-refractivity contribution in [1.82, 2.24) is 0 Å². The van der Waals surface area contributed by atoms with Crippen LogP contribution < -0.4 is 0 Å². The van der Waals surface area contributed by atoms with Crippen LogP contribution >= 0.6 is 0 Å². The van der Waals surface area contributed by atoms with E-state index >= 15 is 0 Å². The van der Waals surface area contributed by atoms with Crippen molar-refractivity contribution in [1.29, 1.82) is 0 Å². The van der Waals surface area contributed by atoms with Gasteiger partial charge in [0.2, 0.25) is 0 Å². The van der Waals surface area contributed by atoms with Gasteiger partial charge in [0.25, 0.3) is 0 Å². The van der Waals surface area contributed by atoms with Crippen LogP contribution in [-0.2, 0) is 9.47 Å². The van der Waals surface area contributed by atoms with Gasteiger partial charge in [0.05, 0.1) is 6.61 Å². The fourth-order valence-corrected chi connectivity index (χ4v) is 2.59. The molecule has 0 aromatic rings. The van der Waals surface area contributed by atoms with Crippen LogP contribution in [-0.4, -0.2) is 30.7 Å². The van der Waals surface area contributed by atoms with Gasteiger partial charge in [0.15, 0.2) is 6.29 Å². The molecule has 2 atom stereocenters. The van der Waals surface area contributed by atoms with Crippen molar-refractivity contribution < 1.29 is 14.6 Å². The minimum Gasteiger partial charge on any atom is -0.380 e. The highest BCUT2D eigenvalue weighted by molar-refractivity contribution is 5.04. The van der Waals surface area contributed by atoms with Crippen molar-refractivity contribution in [2.24, 2.45) is 0 Å². The SMILES string of the molecule is CCCCCCCCCC#C[C@H](O)CCOC1CCCCO1. The van der Waals surface area contributed by atoms with Gasteiger partial charge in [-0.05, 0) is 25.7 Å². The molecule has 3 heteroatoms. The van der Waals surface area contributed by atoms with Gasteiger partial charge in [-0.15, -0.1) is 5.92 Å². The molecule has 0 spiro atoms. The average molecular weight is 310 g/mol. The summed E-state index contributed by atoms with van der Waals surface area (Å²) in [4.78, 5) is 0.